The summed E-state index contributed by atoms with van der Waals surface area (Å²) in [7, 11) is 0. The maximum Gasteiger partial charge on any atom is -0.00178 e. The Morgan fingerprint density at radius 3 is 2.45 bits per heavy atom. The van der Waals surface area contributed by atoms with Gasteiger partial charge in [-0.05, 0) is 36.8 Å². The van der Waals surface area contributed by atoms with E-state index in [-0.39, 0.29) is 0 Å². The van der Waals surface area contributed by atoms with Crippen molar-refractivity contribution >= 4 is 0 Å². The van der Waals surface area contributed by atoms with Crippen molar-refractivity contribution in [1.82, 2.24) is 5.32 Å². The molecular formula is C10H21N. The van der Waals surface area contributed by atoms with Gasteiger partial charge in [-0.15, -0.1) is 0 Å². The number of hydrogen-bond acceptors (Lipinski definition) is 1. The van der Waals surface area contributed by atoms with Crippen molar-refractivity contribution in [2.75, 3.05) is 13.1 Å². The average Bonchev–Trinajstić information content (AvgIpc) is 1.95. The van der Waals surface area contributed by atoms with Gasteiger partial charge in [-0.2, -0.15) is 0 Å². The van der Waals surface area contributed by atoms with Crippen molar-refractivity contribution in [1.29, 1.82) is 0 Å². The Kier molecular flexibility index (Phi) is 2.58. The fourth-order valence-corrected chi connectivity index (χ4v) is 2.01. The zero-order valence-electron chi connectivity index (χ0n) is 8.28. The first-order valence-electron chi connectivity index (χ1n) is 4.78. The Labute approximate surface area is 70.6 Å². The highest BCUT2D eigenvalue weighted by molar-refractivity contribution is 4.88. The van der Waals surface area contributed by atoms with Crippen LogP contribution in [0.4, 0.5) is 0 Å². The summed E-state index contributed by atoms with van der Waals surface area (Å²) in [5.41, 5.74) is 0.575. The number of hydrogen-bond donors (Lipinski definition) is 1. The lowest BCUT2D eigenvalue weighted by Crippen LogP contribution is -2.44. The van der Waals surface area contributed by atoms with Crippen LogP contribution in [0.5, 0.6) is 0 Å². The van der Waals surface area contributed by atoms with Crippen LogP contribution >= 0.6 is 0 Å². The van der Waals surface area contributed by atoms with Crippen LogP contribution in [0, 0.1) is 17.3 Å². The molecule has 1 nitrogen and oxygen atoms in total. The summed E-state index contributed by atoms with van der Waals surface area (Å²) in [6.07, 6.45) is 1.34. The summed E-state index contributed by atoms with van der Waals surface area (Å²) in [5, 5.41) is 3.44. The first-order valence-corrected chi connectivity index (χ1v) is 4.78. The molecule has 0 unspecified atom stereocenters. The summed E-state index contributed by atoms with van der Waals surface area (Å²) in [6, 6.07) is 0. The fraction of sp³-hybridized carbons (Fsp3) is 1.00. The molecule has 66 valence electrons. The third-order valence-electron chi connectivity index (χ3n) is 3.74. The smallest absolute Gasteiger partial charge is 0.00178 e. The van der Waals surface area contributed by atoms with Gasteiger partial charge in [0.1, 0.15) is 0 Å². The molecule has 1 N–H and O–H groups in total. The molecule has 1 heterocycles. The lowest BCUT2D eigenvalue weighted by molar-refractivity contribution is 0.0845. The molecule has 1 fully saturated rings. The van der Waals surface area contributed by atoms with Crippen LogP contribution in [0.3, 0.4) is 0 Å². The number of piperidine rings is 1. The molecule has 1 rings (SSSR count). The minimum atomic E-state index is 0.575. The van der Waals surface area contributed by atoms with Gasteiger partial charge in [-0.25, -0.2) is 0 Å². The predicted octanol–water partition coefficient (Wildman–Crippen LogP) is 2.28. The first kappa shape index (κ1) is 9.05. The van der Waals surface area contributed by atoms with Gasteiger partial charge < -0.3 is 5.32 Å². The van der Waals surface area contributed by atoms with Gasteiger partial charge >= 0.3 is 0 Å². The van der Waals surface area contributed by atoms with E-state index in [1.807, 2.05) is 0 Å². The van der Waals surface area contributed by atoms with Crippen LogP contribution in [0.2, 0.25) is 0 Å². The summed E-state index contributed by atoms with van der Waals surface area (Å²) < 4.78 is 0. The Morgan fingerprint density at radius 2 is 2.09 bits per heavy atom. The molecule has 0 spiro atoms. The third kappa shape index (κ3) is 1.58. The van der Waals surface area contributed by atoms with Gasteiger partial charge in [0, 0.05) is 0 Å². The molecule has 11 heavy (non-hydrogen) atoms. The summed E-state index contributed by atoms with van der Waals surface area (Å²) in [5.74, 6) is 1.65. The lowest BCUT2D eigenvalue weighted by Gasteiger charge is -2.43. The molecule has 0 aliphatic carbocycles. The summed E-state index contributed by atoms with van der Waals surface area (Å²) in [4.78, 5) is 0. The second-order valence-corrected chi connectivity index (χ2v) is 4.52. The molecule has 0 bridgehead atoms. The zero-order valence-corrected chi connectivity index (χ0v) is 8.28. The van der Waals surface area contributed by atoms with E-state index in [1.54, 1.807) is 0 Å². The molecule has 1 aliphatic rings. The van der Waals surface area contributed by atoms with Crippen molar-refractivity contribution in [3.05, 3.63) is 0 Å². The van der Waals surface area contributed by atoms with Crippen molar-refractivity contribution < 1.29 is 0 Å². The number of nitrogens with one attached hydrogen (secondary N) is 1. The number of rotatable bonds is 1. The van der Waals surface area contributed by atoms with Gasteiger partial charge in [0.05, 0.1) is 0 Å². The van der Waals surface area contributed by atoms with E-state index in [0.29, 0.717) is 5.41 Å². The van der Waals surface area contributed by atoms with Gasteiger partial charge in [-0.1, -0.05) is 27.7 Å². The Bertz CT molecular complexity index is 131. The van der Waals surface area contributed by atoms with Crippen LogP contribution in [-0.4, -0.2) is 13.1 Å². The van der Waals surface area contributed by atoms with Gasteiger partial charge in [-0.3, -0.25) is 0 Å². The quantitative estimate of drug-likeness (QED) is 0.612. The highest BCUT2D eigenvalue weighted by atomic mass is 14.9. The Balaban J connectivity index is 2.64. The van der Waals surface area contributed by atoms with E-state index in [2.05, 4.69) is 33.0 Å². The maximum absolute atomic E-state index is 3.44. The predicted molar refractivity (Wildman–Crippen MR) is 49.6 cm³/mol. The molecular weight excluding hydrogens is 134 g/mol. The molecule has 2 atom stereocenters. The highest BCUT2D eigenvalue weighted by Gasteiger charge is 2.35. The maximum atomic E-state index is 3.44. The molecule has 0 aromatic carbocycles. The van der Waals surface area contributed by atoms with E-state index in [9.17, 15) is 0 Å². The molecule has 0 aromatic heterocycles. The largest absolute Gasteiger partial charge is 0.316 e. The van der Waals surface area contributed by atoms with Crippen LogP contribution in [0.15, 0.2) is 0 Å². The van der Waals surface area contributed by atoms with Gasteiger partial charge in [0.15, 0.2) is 0 Å². The second-order valence-electron chi connectivity index (χ2n) is 4.52. The fourth-order valence-electron chi connectivity index (χ4n) is 2.01. The van der Waals surface area contributed by atoms with E-state index in [1.165, 1.54) is 19.5 Å². The monoisotopic (exact) mass is 155 g/mol. The summed E-state index contributed by atoms with van der Waals surface area (Å²) >= 11 is 0. The minimum absolute atomic E-state index is 0.575. The Hall–Kier alpha value is -0.0400. The molecule has 1 aliphatic heterocycles. The van der Waals surface area contributed by atoms with Crippen molar-refractivity contribution in [2.24, 2.45) is 17.3 Å². The highest BCUT2D eigenvalue weighted by Crippen LogP contribution is 2.39. The molecule has 0 amide bonds. The molecule has 1 saturated heterocycles. The molecule has 0 saturated carbocycles. The standard InChI is InChI=1S/C10H21N/c1-8(2)10(4)5-6-11-7-9(10)3/h8-9,11H,5-7H2,1-4H3/t9-,10+/m0/s1. The average molecular weight is 155 g/mol. The molecule has 1 heteroatoms. The van der Waals surface area contributed by atoms with Crippen molar-refractivity contribution in [2.45, 2.75) is 34.1 Å². The first-order chi connectivity index (χ1) is 5.07. The third-order valence-corrected chi connectivity index (χ3v) is 3.74. The van der Waals surface area contributed by atoms with Crippen LogP contribution in [0.25, 0.3) is 0 Å². The van der Waals surface area contributed by atoms with E-state index < -0.39 is 0 Å². The minimum Gasteiger partial charge on any atom is -0.316 e. The lowest BCUT2D eigenvalue weighted by atomic mass is 9.66. The summed E-state index contributed by atoms with van der Waals surface area (Å²) in [6.45, 7) is 11.9. The SMILES string of the molecule is CC(C)[C@@]1(C)CCNC[C@@H]1C. The van der Waals surface area contributed by atoms with Crippen LogP contribution in [0.1, 0.15) is 34.1 Å². The second kappa shape index (κ2) is 3.14. The topological polar surface area (TPSA) is 12.0 Å². The van der Waals surface area contributed by atoms with E-state index >= 15 is 0 Å². The van der Waals surface area contributed by atoms with Crippen LogP contribution in [-0.2, 0) is 0 Å². The van der Waals surface area contributed by atoms with Crippen molar-refractivity contribution in [3.63, 3.8) is 0 Å². The normalized spacial score (nSPS) is 39.5. The van der Waals surface area contributed by atoms with Gasteiger partial charge in [0.25, 0.3) is 0 Å². The van der Waals surface area contributed by atoms with E-state index in [4.69, 9.17) is 0 Å². The molecule has 0 aromatic rings. The van der Waals surface area contributed by atoms with Gasteiger partial charge in [0.2, 0.25) is 0 Å². The van der Waals surface area contributed by atoms with Crippen LogP contribution < -0.4 is 5.32 Å². The van der Waals surface area contributed by atoms with Crippen molar-refractivity contribution in [3.8, 4) is 0 Å². The zero-order chi connectivity index (χ0) is 8.48. The molecule has 0 radical (unpaired) electrons. The van der Waals surface area contributed by atoms with E-state index in [0.717, 1.165) is 11.8 Å². The Morgan fingerprint density at radius 1 is 1.45 bits per heavy atom.